The van der Waals surface area contributed by atoms with Crippen LogP contribution in [0.4, 0.5) is 11.4 Å². The minimum Gasteiger partial charge on any atom is -0.488 e. The summed E-state index contributed by atoms with van der Waals surface area (Å²) in [4.78, 5) is 12.0. The predicted octanol–water partition coefficient (Wildman–Crippen LogP) is 4.03. The Morgan fingerprint density at radius 1 is 1.00 bits per heavy atom. The van der Waals surface area contributed by atoms with Crippen LogP contribution in [-0.2, 0) is 27.7 Å². The van der Waals surface area contributed by atoms with Crippen molar-refractivity contribution in [1.82, 2.24) is 5.32 Å². The maximum Gasteiger partial charge on any atom is 0.262 e. The number of aryl methyl sites for hydroxylation is 2. The van der Waals surface area contributed by atoms with E-state index in [9.17, 15) is 18.3 Å². The molecule has 9 heteroatoms. The number of amides is 1. The van der Waals surface area contributed by atoms with E-state index < -0.39 is 16.1 Å². The van der Waals surface area contributed by atoms with E-state index in [0.717, 1.165) is 31.4 Å². The van der Waals surface area contributed by atoms with Gasteiger partial charge >= 0.3 is 0 Å². The zero-order chi connectivity index (χ0) is 27.0. The number of sulfonamides is 1. The summed E-state index contributed by atoms with van der Waals surface area (Å²) in [5.74, 6) is 0.216. The van der Waals surface area contributed by atoms with Crippen molar-refractivity contribution in [3.63, 3.8) is 0 Å². The van der Waals surface area contributed by atoms with Crippen LogP contribution in [0.15, 0.2) is 71.6 Å². The molecule has 8 nitrogen and oxygen atoms in total. The monoisotopic (exact) mass is 537 g/mol. The number of rotatable bonds is 13. The van der Waals surface area contributed by atoms with Crippen LogP contribution in [0.2, 0.25) is 0 Å². The van der Waals surface area contributed by atoms with Gasteiger partial charge in [0.15, 0.2) is 0 Å². The lowest BCUT2D eigenvalue weighted by Crippen LogP contribution is -2.32. The normalized spacial score (nSPS) is 13.9. The van der Waals surface area contributed by atoms with Crippen molar-refractivity contribution < 1.29 is 23.1 Å². The summed E-state index contributed by atoms with van der Waals surface area (Å²) < 4.78 is 34.7. The van der Waals surface area contributed by atoms with Crippen LogP contribution >= 0.6 is 0 Å². The third-order valence-electron chi connectivity index (χ3n) is 6.42. The van der Waals surface area contributed by atoms with Crippen LogP contribution in [0, 0.1) is 6.92 Å². The van der Waals surface area contributed by atoms with Crippen molar-refractivity contribution >= 4 is 27.3 Å². The van der Waals surface area contributed by atoms with Gasteiger partial charge in [-0.1, -0.05) is 48.0 Å². The zero-order valence-electron chi connectivity index (χ0n) is 21.6. The molecule has 38 heavy (non-hydrogen) atoms. The van der Waals surface area contributed by atoms with Gasteiger partial charge in [0.05, 0.1) is 10.6 Å². The molecule has 1 aliphatic rings. The van der Waals surface area contributed by atoms with E-state index in [-0.39, 0.29) is 29.5 Å². The van der Waals surface area contributed by atoms with Gasteiger partial charge in [0.2, 0.25) is 5.91 Å². The Bertz CT molecular complexity index is 1330. The second-order valence-corrected chi connectivity index (χ2v) is 11.2. The zero-order valence-corrected chi connectivity index (χ0v) is 22.4. The Balaban J connectivity index is 1.36. The molecule has 0 radical (unpaired) electrons. The molecule has 3 aromatic rings. The highest BCUT2D eigenvalue weighted by Crippen LogP contribution is 2.38. The van der Waals surface area contributed by atoms with Gasteiger partial charge in [0.1, 0.15) is 18.5 Å². The lowest BCUT2D eigenvalue weighted by molar-refractivity contribution is -0.116. The number of benzene rings is 3. The summed E-state index contributed by atoms with van der Waals surface area (Å²) in [6, 6.07) is 20.1. The highest BCUT2D eigenvalue weighted by atomic mass is 32.2. The van der Waals surface area contributed by atoms with Crippen molar-refractivity contribution in [3.05, 3.63) is 83.4 Å². The van der Waals surface area contributed by atoms with Crippen LogP contribution in [0.3, 0.4) is 0 Å². The van der Waals surface area contributed by atoms with Crippen LogP contribution < -0.4 is 20.1 Å². The van der Waals surface area contributed by atoms with E-state index in [1.807, 2.05) is 25.1 Å². The number of aliphatic hydroxyl groups is 1. The maximum absolute atomic E-state index is 13.0. The minimum atomic E-state index is -3.86. The fourth-order valence-corrected chi connectivity index (χ4v) is 5.40. The topological polar surface area (TPSA) is 117 Å². The number of fused-ring (bicyclic) bond motifs is 1. The molecule has 0 aromatic heterocycles. The summed E-state index contributed by atoms with van der Waals surface area (Å²) in [6.07, 6.45) is 2.94. The molecule has 4 N–H and O–H groups in total. The first-order valence-electron chi connectivity index (χ1n) is 12.9. The highest BCUT2D eigenvalue weighted by Gasteiger charge is 2.25. The lowest BCUT2D eigenvalue weighted by atomic mass is 10.0. The number of unbranched alkanes of at least 4 members (excludes halogenated alkanes) is 1. The molecule has 0 fully saturated rings. The molecule has 0 saturated carbocycles. The molecule has 0 aliphatic carbocycles. The standard InChI is InChI=1S/C29H35N3O5S/c1-21-10-12-24(13-11-21)38(35,36)32-27-16-15-26-25(14-17-28(34)31-26)29(27)37-20-23(33)19-30-18-6-5-9-22-7-3-2-4-8-22/h2-4,7-8,10-13,15-16,23,30,32-33H,5-6,9,14,17-20H2,1H3,(H,31,34). The molecule has 0 spiro atoms. The Morgan fingerprint density at radius 3 is 2.53 bits per heavy atom. The SMILES string of the molecule is Cc1ccc(S(=O)(=O)Nc2ccc3c(c2OCC(O)CNCCCCc2ccccc2)CCC(=O)N3)cc1. The predicted molar refractivity (Wildman–Crippen MR) is 149 cm³/mol. The molecule has 0 bridgehead atoms. The Kier molecular flexibility index (Phi) is 9.38. The molecule has 1 amide bonds. The maximum atomic E-state index is 13.0. The Labute approximate surface area is 224 Å². The lowest BCUT2D eigenvalue weighted by Gasteiger charge is -2.24. The van der Waals surface area contributed by atoms with Crippen LogP contribution in [0.25, 0.3) is 0 Å². The van der Waals surface area contributed by atoms with E-state index in [4.69, 9.17) is 4.74 Å². The third-order valence-corrected chi connectivity index (χ3v) is 7.81. The van der Waals surface area contributed by atoms with Gasteiger partial charge in [0, 0.05) is 24.2 Å². The summed E-state index contributed by atoms with van der Waals surface area (Å²) in [7, 11) is -3.86. The number of hydrogen-bond acceptors (Lipinski definition) is 6. The number of carbonyl (C=O) groups is 1. The van der Waals surface area contributed by atoms with Crippen molar-refractivity contribution in [1.29, 1.82) is 0 Å². The largest absolute Gasteiger partial charge is 0.488 e. The fourth-order valence-electron chi connectivity index (χ4n) is 4.34. The molecule has 4 rings (SSSR count). The number of hydrogen-bond donors (Lipinski definition) is 4. The van der Waals surface area contributed by atoms with Gasteiger partial charge in [-0.05, 0) is 69.0 Å². The highest BCUT2D eigenvalue weighted by molar-refractivity contribution is 7.92. The van der Waals surface area contributed by atoms with Gasteiger partial charge in [-0.25, -0.2) is 8.42 Å². The number of nitrogens with one attached hydrogen (secondary N) is 3. The first kappa shape index (κ1) is 27.6. The van der Waals surface area contributed by atoms with Crippen LogP contribution in [0.1, 0.15) is 36.0 Å². The van der Waals surface area contributed by atoms with Gasteiger partial charge in [0.25, 0.3) is 10.0 Å². The Hall–Kier alpha value is -3.40. The molecule has 1 unspecified atom stereocenters. The summed E-state index contributed by atoms with van der Waals surface area (Å²) in [5, 5.41) is 16.6. The first-order valence-corrected chi connectivity index (χ1v) is 14.4. The molecule has 0 saturated heterocycles. The van der Waals surface area contributed by atoms with Gasteiger partial charge in [-0.15, -0.1) is 0 Å². The molecule has 1 aliphatic heterocycles. The number of ether oxygens (including phenoxy) is 1. The summed E-state index contributed by atoms with van der Waals surface area (Å²) >= 11 is 0. The van der Waals surface area contributed by atoms with Crippen molar-refractivity contribution in [3.8, 4) is 5.75 Å². The van der Waals surface area contributed by atoms with Gasteiger partial charge in [-0.3, -0.25) is 9.52 Å². The Morgan fingerprint density at radius 2 is 1.76 bits per heavy atom. The number of carbonyl (C=O) groups excluding carboxylic acids is 1. The van der Waals surface area contributed by atoms with Crippen LogP contribution in [-0.4, -0.2) is 45.2 Å². The van der Waals surface area contributed by atoms with Crippen molar-refractivity contribution in [2.75, 3.05) is 29.7 Å². The quantitative estimate of drug-likeness (QED) is 0.245. The van der Waals surface area contributed by atoms with Crippen molar-refractivity contribution in [2.24, 2.45) is 0 Å². The second-order valence-electron chi connectivity index (χ2n) is 9.55. The van der Waals surface area contributed by atoms with Crippen molar-refractivity contribution in [2.45, 2.75) is 50.0 Å². The molecule has 202 valence electrons. The fraction of sp³-hybridized carbons (Fsp3) is 0.345. The number of aliphatic hydroxyl groups excluding tert-OH is 1. The smallest absolute Gasteiger partial charge is 0.262 e. The number of anilines is 2. The van der Waals surface area contributed by atoms with E-state index in [2.05, 4.69) is 27.5 Å². The minimum absolute atomic E-state index is 0.0271. The first-order chi connectivity index (χ1) is 18.3. The van der Waals surface area contributed by atoms with E-state index in [0.29, 0.717) is 30.0 Å². The molecule has 1 heterocycles. The van der Waals surface area contributed by atoms with E-state index in [1.165, 1.54) is 5.56 Å². The molecular weight excluding hydrogens is 502 g/mol. The van der Waals surface area contributed by atoms with Gasteiger partial charge < -0.3 is 20.5 Å². The van der Waals surface area contributed by atoms with Gasteiger partial charge in [-0.2, -0.15) is 0 Å². The summed E-state index contributed by atoms with van der Waals surface area (Å²) in [6.45, 7) is 2.99. The molecule has 1 atom stereocenters. The molecule has 3 aromatic carbocycles. The average Bonchev–Trinajstić information content (AvgIpc) is 2.90. The van der Waals surface area contributed by atoms with E-state index >= 15 is 0 Å². The summed E-state index contributed by atoms with van der Waals surface area (Å²) in [5.41, 5.74) is 3.82. The average molecular weight is 538 g/mol. The third kappa shape index (κ3) is 7.56. The van der Waals surface area contributed by atoms with Crippen LogP contribution in [0.5, 0.6) is 5.75 Å². The second kappa shape index (κ2) is 12.9. The van der Waals surface area contributed by atoms with E-state index in [1.54, 1.807) is 36.4 Å². The molecular formula is C29H35N3O5S.